The van der Waals surface area contributed by atoms with Gasteiger partial charge in [-0.25, -0.2) is 4.79 Å². The summed E-state index contributed by atoms with van der Waals surface area (Å²) in [6.07, 6.45) is -7.61. The molecule has 3 heterocycles. The van der Waals surface area contributed by atoms with E-state index in [0.29, 0.717) is 5.56 Å². The van der Waals surface area contributed by atoms with Crippen LogP contribution in [0.2, 0.25) is 0 Å². The molecule has 34 heavy (non-hydrogen) atoms. The number of carbonyl (C=O) groups is 1. The highest BCUT2D eigenvalue weighted by atomic mass is 16.8. The van der Waals surface area contributed by atoms with Gasteiger partial charge in [0.1, 0.15) is 47.6 Å². The summed E-state index contributed by atoms with van der Waals surface area (Å²) in [6, 6.07) is 8.53. The number of benzene rings is 1. The maximum Gasteiger partial charge on any atom is 0.338 e. The Bertz CT molecular complexity index is 1070. The number of hydrogen-bond acceptors (Lipinski definition) is 11. The van der Waals surface area contributed by atoms with Crippen LogP contribution >= 0.6 is 0 Å². The number of hydrogen-bond donors (Lipinski definition) is 5. The van der Waals surface area contributed by atoms with Gasteiger partial charge in [-0.15, -0.1) is 0 Å². The first-order valence-corrected chi connectivity index (χ1v) is 11.4. The molecule has 3 saturated heterocycles. The van der Waals surface area contributed by atoms with Crippen molar-refractivity contribution in [3.8, 4) is 0 Å². The molecule has 12 atom stereocenters. The second kappa shape index (κ2) is 6.17. The first kappa shape index (κ1) is 21.6. The van der Waals surface area contributed by atoms with E-state index in [-0.39, 0.29) is 18.9 Å². The highest BCUT2D eigenvalue weighted by Crippen LogP contribution is 3.03. The van der Waals surface area contributed by atoms with Gasteiger partial charge in [-0.1, -0.05) is 18.2 Å². The van der Waals surface area contributed by atoms with Gasteiger partial charge in [-0.05, 0) is 25.5 Å². The first-order valence-electron chi connectivity index (χ1n) is 11.4. The first-order chi connectivity index (χ1) is 16.1. The van der Waals surface area contributed by atoms with Crippen molar-refractivity contribution in [2.75, 3.05) is 13.2 Å². The number of fused-ring (bicyclic) bond motifs is 2. The Balaban J connectivity index is 1.20. The van der Waals surface area contributed by atoms with Crippen LogP contribution in [0.1, 0.15) is 23.7 Å². The Kier molecular flexibility index (Phi) is 3.92. The zero-order chi connectivity index (χ0) is 23.9. The van der Waals surface area contributed by atoms with Crippen molar-refractivity contribution in [2.45, 2.75) is 67.3 Å². The monoisotopic (exact) mass is 478 g/mol. The summed E-state index contributed by atoms with van der Waals surface area (Å²) in [7, 11) is 0. The van der Waals surface area contributed by atoms with Gasteiger partial charge in [0.05, 0.1) is 17.6 Å². The Labute approximate surface area is 193 Å². The van der Waals surface area contributed by atoms with E-state index in [1.165, 1.54) is 0 Å². The standard InChI is InChI=1S/C23H26O11/c1-19-21(32-17-15(27)14(26)13(25)11(8-24)31-17)7-12-20(21,22(19)18(33-19)34-23(12,22)29)9-30-16(28)10-5-3-2-4-6-10/h2-6,11-15,17-18,24-27,29H,7-9H2,1H3/t11?,12-,13?,14?,15?,17?,18?,19+,20+,21-,22?,23-/m0/s1. The molecule has 6 aliphatic rings. The normalized spacial score (nSPS) is 57.4. The van der Waals surface area contributed by atoms with E-state index in [2.05, 4.69) is 0 Å². The Morgan fingerprint density at radius 2 is 1.85 bits per heavy atom. The molecular weight excluding hydrogens is 452 g/mol. The second-order valence-corrected chi connectivity index (χ2v) is 10.4. The Morgan fingerprint density at radius 3 is 2.53 bits per heavy atom. The quantitative estimate of drug-likeness (QED) is 0.295. The van der Waals surface area contributed by atoms with Crippen molar-refractivity contribution < 1.29 is 54.0 Å². The zero-order valence-corrected chi connectivity index (χ0v) is 18.2. The fourth-order valence-corrected chi connectivity index (χ4v) is 8.25. The molecule has 0 amide bonds. The van der Waals surface area contributed by atoms with Crippen LogP contribution in [0.25, 0.3) is 0 Å². The summed E-state index contributed by atoms with van der Waals surface area (Å²) in [4.78, 5) is 12.7. The maximum atomic E-state index is 12.7. The van der Waals surface area contributed by atoms with E-state index in [0.717, 1.165) is 0 Å². The van der Waals surface area contributed by atoms with E-state index in [1.54, 1.807) is 37.3 Å². The molecule has 0 aromatic heterocycles. The predicted molar refractivity (Wildman–Crippen MR) is 107 cm³/mol. The summed E-state index contributed by atoms with van der Waals surface area (Å²) in [5.41, 5.74) is -3.40. The summed E-state index contributed by atoms with van der Waals surface area (Å²) >= 11 is 0. The van der Waals surface area contributed by atoms with E-state index < -0.39 is 77.4 Å². The lowest BCUT2D eigenvalue weighted by Crippen LogP contribution is -3.20. The van der Waals surface area contributed by atoms with E-state index in [1.807, 2.05) is 0 Å². The summed E-state index contributed by atoms with van der Waals surface area (Å²) in [5.74, 6) is -2.32. The van der Waals surface area contributed by atoms with E-state index >= 15 is 0 Å². The lowest BCUT2D eigenvalue weighted by Gasteiger charge is -3.05. The van der Waals surface area contributed by atoms with Gasteiger partial charge in [0.25, 0.3) is 0 Å². The molecule has 7 rings (SSSR count). The fraction of sp³-hybridized carbons (Fsp3) is 0.696. The van der Waals surface area contributed by atoms with Crippen LogP contribution in [0.4, 0.5) is 0 Å². The van der Waals surface area contributed by atoms with Crippen LogP contribution in [0.5, 0.6) is 0 Å². The lowest BCUT2D eigenvalue weighted by atomic mass is 9.08. The minimum Gasteiger partial charge on any atom is -0.461 e. The molecule has 1 aromatic rings. The number of rotatable bonds is 6. The van der Waals surface area contributed by atoms with Crippen molar-refractivity contribution >= 4 is 5.97 Å². The SMILES string of the molecule is C[C@@]12OC3O[C@@]4(O)[C@H]5C[C@@]1(OC1OC(CO)C(O)C(O)C1O)[C@]5(COC(=O)c1ccccc1)C342. The molecule has 1 spiro atoms. The third-order valence-electron chi connectivity index (χ3n) is 9.66. The largest absolute Gasteiger partial charge is 0.461 e. The molecule has 184 valence electrons. The van der Waals surface area contributed by atoms with Gasteiger partial charge >= 0.3 is 5.97 Å². The van der Waals surface area contributed by atoms with Crippen molar-refractivity contribution in [2.24, 2.45) is 16.7 Å². The highest BCUT2D eigenvalue weighted by molar-refractivity contribution is 5.89. The molecule has 3 aliphatic heterocycles. The zero-order valence-electron chi connectivity index (χ0n) is 18.2. The van der Waals surface area contributed by atoms with Gasteiger partial charge in [0.15, 0.2) is 18.4 Å². The average Bonchev–Trinajstić information content (AvgIpc) is 2.82. The van der Waals surface area contributed by atoms with Crippen molar-refractivity contribution in [1.29, 1.82) is 0 Å². The maximum absolute atomic E-state index is 12.7. The number of esters is 1. The third kappa shape index (κ3) is 1.77. The Hall–Kier alpha value is -1.67. The van der Waals surface area contributed by atoms with Gasteiger partial charge < -0.3 is 49.2 Å². The lowest BCUT2D eigenvalue weighted by molar-refractivity contribution is -0.792. The van der Waals surface area contributed by atoms with Crippen molar-refractivity contribution in [3.05, 3.63) is 35.9 Å². The van der Waals surface area contributed by atoms with Crippen LogP contribution in [-0.2, 0) is 23.7 Å². The summed E-state index contributed by atoms with van der Waals surface area (Å²) in [6.45, 7) is 1.13. The Morgan fingerprint density at radius 1 is 1.12 bits per heavy atom. The molecule has 7 unspecified atom stereocenters. The smallest absolute Gasteiger partial charge is 0.338 e. The predicted octanol–water partition coefficient (Wildman–Crippen LogP) is -1.75. The van der Waals surface area contributed by atoms with Crippen molar-refractivity contribution in [1.82, 2.24) is 0 Å². The minimum atomic E-state index is -1.60. The van der Waals surface area contributed by atoms with Gasteiger partial charge in [-0.3, -0.25) is 0 Å². The molecule has 6 fully saturated rings. The molecule has 3 saturated carbocycles. The minimum absolute atomic E-state index is 0.0655. The molecule has 0 bridgehead atoms. The summed E-state index contributed by atoms with van der Waals surface area (Å²) < 4.78 is 29.2. The fourth-order valence-electron chi connectivity index (χ4n) is 8.25. The second-order valence-electron chi connectivity index (χ2n) is 10.4. The summed E-state index contributed by atoms with van der Waals surface area (Å²) in [5, 5.41) is 51.6. The van der Waals surface area contributed by atoms with Crippen molar-refractivity contribution in [3.63, 3.8) is 0 Å². The highest BCUT2D eigenvalue weighted by Gasteiger charge is 3.18. The van der Waals surface area contributed by atoms with E-state index in [9.17, 15) is 30.3 Å². The molecule has 1 aromatic carbocycles. The number of aliphatic hydroxyl groups is 5. The van der Waals surface area contributed by atoms with Gasteiger partial charge in [-0.2, -0.15) is 0 Å². The topological polar surface area (TPSA) is 164 Å². The third-order valence-corrected chi connectivity index (χ3v) is 9.66. The molecule has 11 heteroatoms. The molecule has 0 radical (unpaired) electrons. The number of aliphatic hydroxyl groups excluding tert-OH is 4. The van der Waals surface area contributed by atoms with E-state index in [4.69, 9.17) is 23.7 Å². The number of carbonyl (C=O) groups excluding carboxylic acids is 1. The molecule has 3 aliphatic carbocycles. The molecule has 5 N–H and O–H groups in total. The van der Waals surface area contributed by atoms with Crippen LogP contribution in [0.15, 0.2) is 30.3 Å². The number of ether oxygens (including phenoxy) is 5. The van der Waals surface area contributed by atoms with Gasteiger partial charge in [0, 0.05) is 5.92 Å². The van der Waals surface area contributed by atoms with Crippen LogP contribution in [0.3, 0.4) is 0 Å². The van der Waals surface area contributed by atoms with Crippen LogP contribution in [-0.4, -0.2) is 98.7 Å². The molecular formula is C23H26O11. The molecule has 11 nitrogen and oxygen atoms in total. The average molecular weight is 478 g/mol. The van der Waals surface area contributed by atoms with Crippen LogP contribution < -0.4 is 0 Å². The van der Waals surface area contributed by atoms with Crippen LogP contribution in [0, 0.1) is 16.7 Å². The van der Waals surface area contributed by atoms with Gasteiger partial charge in [0.2, 0.25) is 0 Å².